The zero-order valence-corrected chi connectivity index (χ0v) is 9.86. The van der Waals surface area contributed by atoms with E-state index in [4.69, 9.17) is 11.6 Å². The lowest BCUT2D eigenvalue weighted by molar-refractivity contribution is 0.112. The molecule has 1 unspecified atom stereocenters. The SMILES string of the molecule is CCC(C)Sc1ccc(C=O)cc1Cl. The molecule has 0 aromatic heterocycles. The molecule has 0 amide bonds. The first-order chi connectivity index (χ1) is 6.67. The van der Waals surface area contributed by atoms with Crippen molar-refractivity contribution in [3.05, 3.63) is 28.8 Å². The number of halogens is 1. The Morgan fingerprint density at radius 3 is 2.79 bits per heavy atom. The summed E-state index contributed by atoms with van der Waals surface area (Å²) in [6.45, 7) is 4.31. The maximum Gasteiger partial charge on any atom is 0.150 e. The summed E-state index contributed by atoms with van der Waals surface area (Å²) in [4.78, 5) is 11.5. The van der Waals surface area contributed by atoms with Gasteiger partial charge in [0.05, 0.1) is 5.02 Å². The molecule has 0 bridgehead atoms. The lowest BCUT2D eigenvalue weighted by Crippen LogP contribution is -1.92. The summed E-state index contributed by atoms with van der Waals surface area (Å²) in [5.41, 5.74) is 0.628. The molecule has 0 aliphatic rings. The molecule has 1 rings (SSSR count). The Morgan fingerprint density at radius 2 is 2.29 bits per heavy atom. The normalized spacial score (nSPS) is 12.5. The van der Waals surface area contributed by atoms with Gasteiger partial charge in [-0.1, -0.05) is 31.5 Å². The predicted octanol–water partition coefficient (Wildman–Crippen LogP) is 4.04. The average Bonchev–Trinajstić information content (AvgIpc) is 2.20. The molecule has 1 atom stereocenters. The third kappa shape index (κ3) is 3.03. The van der Waals surface area contributed by atoms with Gasteiger partial charge >= 0.3 is 0 Å². The second-order valence-corrected chi connectivity index (χ2v) is 5.03. The molecule has 76 valence electrons. The van der Waals surface area contributed by atoms with Crippen molar-refractivity contribution in [2.45, 2.75) is 30.4 Å². The maximum atomic E-state index is 10.5. The van der Waals surface area contributed by atoms with Gasteiger partial charge in [0.1, 0.15) is 6.29 Å². The van der Waals surface area contributed by atoms with E-state index in [1.54, 1.807) is 23.9 Å². The number of hydrogen-bond acceptors (Lipinski definition) is 2. The third-order valence-corrected chi connectivity index (χ3v) is 3.77. The molecular formula is C11H13ClOS. The van der Waals surface area contributed by atoms with Crippen molar-refractivity contribution in [3.8, 4) is 0 Å². The molecule has 0 saturated heterocycles. The Labute approximate surface area is 93.8 Å². The lowest BCUT2D eigenvalue weighted by Gasteiger charge is -2.09. The summed E-state index contributed by atoms with van der Waals surface area (Å²) in [6, 6.07) is 5.41. The van der Waals surface area contributed by atoms with Crippen LogP contribution in [0.3, 0.4) is 0 Å². The van der Waals surface area contributed by atoms with Crippen LogP contribution in [0.2, 0.25) is 5.02 Å². The van der Waals surface area contributed by atoms with E-state index in [0.29, 0.717) is 15.8 Å². The van der Waals surface area contributed by atoms with Gasteiger partial charge in [-0.2, -0.15) is 0 Å². The maximum absolute atomic E-state index is 10.5. The predicted molar refractivity (Wildman–Crippen MR) is 62.4 cm³/mol. The Kier molecular flexibility index (Phi) is 4.49. The van der Waals surface area contributed by atoms with E-state index in [-0.39, 0.29) is 0 Å². The van der Waals surface area contributed by atoms with Crippen LogP contribution in [0.25, 0.3) is 0 Å². The van der Waals surface area contributed by atoms with E-state index >= 15 is 0 Å². The number of carbonyl (C=O) groups is 1. The minimum absolute atomic E-state index is 0.551. The van der Waals surface area contributed by atoms with Gasteiger partial charge in [0.15, 0.2) is 0 Å². The van der Waals surface area contributed by atoms with Gasteiger partial charge in [0, 0.05) is 15.7 Å². The van der Waals surface area contributed by atoms with Crippen molar-refractivity contribution < 1.29 is 4.79 Å². The first-order valence-corrected chi connectivity index (χ1v) is 5.84. The zero-order chi connectivity index (χ0) is 10.6. The van der Waals surface area contributed by atoms with Gasteiger partial charge in [-0.3, -0.25) is 4.79 Å². The van der Waals surface area contributed by atoms with Crippen molar-refractivity contribution in [3.63, 3.8) is 0 Å². The van der Waals surface area contributed by atoms with Gasteiger partial charge < -0.3 is 0 Å². The largest absolute Gasteiger partial charge is 0.298 e. The number of benzene rings is 1. The van der Waals surface area contributed by atoms with Crippen molar-refractivity contribution in [2.24, 2.45) is 0 Å². The molecule has 0 aliphatic carbocycles. The fourth-order valence-electron chi connectivity index (χ4n) is 0.986. The molecule has 0 N–H and O–H groups in total. The fourth-order valence-corrected chi connectivity index (χ4v) is 2.23. The van der Waals surface area contributed by atoms with Gasteiger partial charge in [0.25, 0.3) is 0 Å². The molecule has 0 saturated carbocycles. The molecule has 0 radical (unpaired) electrons. The second kappa shape index (κ2) is 5.42. The topological polar surface area (TPSA) is 17.1 Å². The Hall–Kier alpha value is -0.470. The summed E-state index contributed by atoms with van der Waals surface area (Å²) in [6.07, 6.45) is 1.92. The number of rotatable bonds is 4. The molecule has 0 aliphatic heterocycles. The van der Waals surface area contributed by atoms with E-state index in [1.165, 1.54) is 0 Å². The Morgan fingerprint density at radius 1 is 1.57 bits per heavy atom. The average molecular weight is 229 g/mol. The summed E-state index contributed by atoms with van der Waals surface area (Å²) in [7, 11) is 0. The van der Waals surface area contributed by atoms with Crippen molar-refractivity contribution in [1.29, 1.82) is 0 Å². The van der Waals surface area contributed by atoms with Crippen molar-refractivity contribution in [2.75, 3.05) is 0 Å². The number of aldehydes is 1. The van der Waals surface area contributed by atoms with E-state index in [0.717, 1.165) is 17.6 Å². The van der Waals surface area contributed by atoms with Crippen LogP contribution in [-0.4, -0.2) is 11.5 Å². The quantitative estimate of drug-likeness (QED) is 0.572. The minimum Gasteiger partial charge on any atom is -0.298 e. The first kappa shape index (κ1) is 11.6. The molecule has 3 heteroatoms. The summed E-state index contributed by atoms with van der Waals surface area (Å²) in [5, 5.41) is 1.22. The highest BCUT2D eigenvalue weighted by Crippen LogP contribution is 2.31. The van der Waals surface area contributed by atoms with E-state index in [1.807, 2.05) is 6.07 Å². The minimum atomic E-state index is 0.551. The van der Waals surface area contributed by atoms with Gasteiger partial charge in [-0.25, -0.2) is 0 Å². The Balaban J connectivity index is 2.83. The van der Waals surface area contributed by atoms with E-state index in [2.05, 4.69) is 13.8 Å². The fraction of sp³-hybridized carbons (Fsp3) is 0.364. The molecule has 1 nitrogen and oxygen atoms in total. The number of carbonyl (C=O) groups excluding carboxylic acids is 1. The molecule has 1 aromatic carbocycles. The molecule has 14 heavy (non-hydrogen) atoms. The van der Waals surface area contributed by atoms with Crippen LogP contribution < -0.4 is 0 Å². The highest BCUT2D eigenvalue weighted by Gasteiger charge is 2.06. The molecule has 0 spiro atoms. The van der Waals surface area contributed by atoms with Crippen LogP contribution in [-0.2, 0) is 0 Å². The molecular weight excluding hydrogens is 216 g/mol. The molecule has 0 heterocycles. The zero-order valence-electron chi connectivity index (χ0n) is 8.29. The highest BCUT2D eigenvalue weighted by atomic mass is 35.5. The van der Waals surface area contributed by atoms with Crippen molar-refractivity contribution in [1.82, 2.24) is 0 Å². The molecule has 0 fully saturated rings. The van der Waals surface area contributed by atoms with Crippen LogP contribution in [0.1, 0.15) is 30.6 Å². The summed E-state index contributed by atoms with van der Waals surface area (Å²) >= 11 is 7.77. The van der Waals surface area contributed by atoms with E-state index in [9.17, 15) is 4.79 Å². The standard InChI is InChI=1S/C11H13ClOS/c1-3-8(2)14-11-5-4-9(7-13)6-10(11)12/h4-8H,3H2,1-2H3. The van der Waals surface area contributed by atoms with Crippen LogP contribution in [0, 0.1) is 0 Å². The smallest absolute Gasteiger partial charge is 0.150 e. The van der Waals surface area contributed by atoms with Crippen LogP contribution in [0.15, 0.2) is 23.1 Å². The van der Waals surface area contributed by atoms with Crippen LogP contribution in [0.4, 0.5) is 0 Å². The Bertz CT molecular complexity index is 325. The summed E-state index contributed by atoms with van der Waals surface area (Å²) < 4.78 is 0. The number of hydrogen-bond donors (Lipinski definition) is 0. The monoisotopic (exact) mass is 228 g/mol. The van der Waals surface area contributed by atoms with Crippen LogP contribution >= 0.6 is 23.4 Å². The molecule has 1 aromatic rings. The first-order valence-electron chi connectivity index (χ1n) is 4.58. The third-order valence-electron chi connectivity index (χ3n) is 2.00. The van der Waals surface area contributed by atoms with Gasteiger partial charge in [-0.05, 0) is 18.6 Å². The summed E-state index contributed by atoms with van der Waals surface area (Å²) in [5.74, 6) is 0. The van der Waals surface area contributed by atoms with Gasteiger partial charge in [0.2, 0.25) is 0 Å². The second-order valence-electron chi connectivity index (χ2n) is 3.14. The number of thioether (sulfide) groups is 1. The van der Waals surface area contributed by atoms with Crippen LogP contribution in [0.5, 0.6) is 0 Å². The lowest BCUT2D eigenvalue weighted by atomic mass is 10.2. The van der Waals surface area contributed by atoms with Gasteiger partial charge in [-0.15, -0.1) is 11.8 Å². The van der Waals surface area contributed by atoms with Crippen molar-refractivity contribution >= 4 is 29.6 Å². The van der Waals surface area contributed by atoms with E-state index < -0.39 is 0 Å². The highest BCUT2D eigenvalue weighted by molar-refractivity contribution is 8.00.